The Balaban J connectivity index is 4.80. The summed E-state index contributed by atoms with van der Waals surface area (Å²) in [5.41, 5.74) is 1.15. The monoisotopic (exact) mass is 198 g/mol. The minimum absolute atomic E-state index is 0.577. The van der Waals surface area contributed by atoms with Gasteiger partial charge in [0.15, 0.2) is 0 Å². The first-order valence-electron chi connectivity index (χ1n) is 2.47. The van der Waals surface area contributed by atoms with Gasteiger partial charge in [0, 0.05) is 12.5 Å². The first-order valence-corrected chi connectivity index (χ1v) is 6.38. The van der Waals surface area contributed by atoms with Crippen molar-refractivity contribution in [2.75, 3.05) is 12.5 Å². The fourth-order valence-electron chi connectivity index (χ4n) is 0.246. The Morgan fingerprint density at radius 1 is 0.909 bits per heavy atom. The third-order valence-electron chi connectivity index (χ3n) is 0.505. The average Bonchev–Trinajstić information content (AvgIpc) is 1.55. The van der Waals surface area contributed by atoms with Crippen molar-refractivity contribution in [3.8, 4) is 0 Å². The second kappa shape index (κ2) is 3.17. The van der Waals surface area contributed by atoms with E-state index in [1.54, 1.807) is 0 Å². The lowest BCUT2D eigenvalue weighted by molar-refractivity contribution is 0.612. The van der Waals surface area contributed by atoms with Crippen molar-refractivity contribution < 1.29 is 16.8 Å². The number of nitrogens with zero attached hydrogens (tertiary/aromatic N) is 1. The average molecular weight is 198 g/mol. The first-order chi connectivity index (χ1) is 4.71. The third-order valence-corrected chi connectivity index (χ3v) is 1.51. The highest BCUT2D eigenvalue weighted by Crippen LogP contribution is 1.69. The fourth-order valence-corrected chi connectivity index (χ4v) is 0.887. The van der Waals surface area contributed by atoms with Crippen molar-refractivity contribution >= 4 is 30.8 Å². The number of hydrogen-bond donors (Lipinski definition) is 0. The highest BCUT2D eigenvalue weighted by atomic mass is 32.2. The molecule has 0 saturated heterocycles. The zero-order chi connectivity index (χ0) is 9.12. The van der Waals surface area contributed by atoms with Crippen LogP contribution in [0.3, 0.4) is 0 Å². The van der Waals surface area contributed by atoms with Gasteiger partial charge in [-0.1, -0.05) is 4.67 Å². The molecule has 0 N–H and O–H groups in total. The van der Waals surface area contributed by atoms with Gasteiger partial charge in [-0.2, -0.15) is 0 Å². The summed E-state index contributed by atoms with van der Waals surface area (Å²) >= 11 is 0. The Labute approximate surface area is 65.3 Å². The normalized spacial score (nSPS) is 11.8. The van der Waals surface area contributed by atoms with Crippen LogP contribution in [0.25, 0.3) is 0 Å². The van der Waals surface area contributed by atoms with Crippen LogP contribution in [-0.2, 0) is 19.7 Å². The van der Waals surface area contributed by atoms with Crippen LogP contribution >= 0.6 is 0 Å². The van der Waals surface area contributed by atoms with E-state index in [4.69, 9.17) is 0 Å². The molecule has 11 heavy (non-hydrogen) atoms. The minimum atomic E-state index is -3.33. The van der Waals surface area contributed by atoms with Gasteiger partial charge in [-0.3, -0.25) is 0 Å². The Morgan fingerprint density at radius 3 is 1.36 bits per heavy atom. The predicted molar refractivity (Wildman–Crippen MR) is 43.9 cm³/mol. The third kappa shape index (κ3) is 9.35. The molecule has 5 nitrogen and oxygen atoms in total. The van der Waals surface area contributed by atoms with E-state index in [2.05, 4.69) is 4.67 Å². The molecule has 0 spiro atoms. The molecule has 0 heterocycles. The molecule has 7 heteroatoms. The molecule has 0 unspecified atom stereocenters. The van der Waals surface area contributed by atoms with Gasteiger partial charge >= 0.3 is 11.1 Å². The molecule has 0 aromatic rings. The maximum Gasteiger partial charge on any atom is 0.382 e. The molecule has 0 saturated carbocycles. The van der Waals surface area contributed by atoms with Gasteiger partial charge in [0.2, 0.25) is 19.7 Å². The second-order valence-corrected chi connectivity index (χ2v) is 5.76. The molecule has 0 bridgehead atoms. The maximum atomic E-state index is 10.4. The standard InChI is InChI=1S/C4H8NO4S2/c1-10(6,7)3-5-4-11(2,8)9/h3-4H,1-2H3/q+1. The van der Waals surface area contributed by atoms with Gasteiger partial charge in [0.25, 0.3) is 0 Å². The molecule has 0 aliphatic rings. The highest BCUT2D eigenvalue weighted by Gasteiger charge is 2.04. The largest absolute Gasteiger partial charge is 0.382 e. The fraction of sp³-hybridized carbons (Fsp3) is 0.500. The molecule has 0 atom stereocenters. The minimum Gasteiger partial charge on any atom is -0.217 e. The lowest BCUT2D eigenvalue weighted by Crippen LogP contribution is -2.03. The SMILES string of the molecule is CS(=O)(=O)C=[N+]=CS(C)(=O)=O. The summed E-state index contributed by atoms with van der Waals surface area (Å²) in [6, 6.07) is 0. The van der Waals surface area contributed by atoms with E-state index in [1.807, 2.05) is 0 Å². The summed E-state index contributed by atoms with van der Waals surface area (Å²) in [6.45, 7) is 0. The zero-order valence-corrected chi connectivity index (χ0v) is 7.68. The molecule has 0 aliphatic heterocycles. The van der Waals surface area contributed by atoms with E-state index in [9.17, 15) is 16.8 Å². The molecule has 0 fully saturated rings. The van der Waals surface area contributed by atoms with E-state index in [0.717, 1.165) is 12.5 Å². The Morgan fingerprint density at radius 2 is 1.18 bits per heavy atom. The quantitative estimate of drug-likeness (QED) is 0.298. The van der Waals surface area contributed by atoms with Gasteiger partial charge in [-0.05, 0) is 0 Å². The molecular formula is C4H8NO4S2+. The van der Waals surface area contributed by atoms with E-state index in [1.165, 1.54) is 0 Å². The summed E-state index contributed by atoms with van der Waals surface area (Å²) in [5, 5.41) is 0. The van der Waals surface area contributed by atoms with Crippen LogP contribution < -0.4 is 4.67 Å². The lowest BCUT2D eigenvalue weighted by atomic mass is 11.6. The first kappa shape index (κ1) is 10.3. The van der Waals surface area contributed by atoms with Crippen molar-refractivity contribution in [2.45, 2.75) is 0 Å². The summed E-state index contributed by atoms with van der Waals surface area (Å²) < 4.78 is 44.5. The van der Waals surface area contributed by atoms with Crippen LogP contribution in [-0.4, -0.2) is 40.4 Å². The van der Waals surface area contributed by atoms with Crippen LogP contribution in [0.2, 0.25) is 0 Å². The maximum absolute atomic E-state index is 10.4. The van der Waals surface area contributed by atoms with Crippen LogP contribution in [0.15, 0.2) is 0 Å². The Kier molecular flexibility index (Phi) is 2.98. The van der Waals surface area contributed by atoms with Gasteiger partial charge in [0.1, 0.15) is 0 Å². The van der Waals surface area contributed by atoms with E-state index in [0.29, 0.717) is 11.1 Å². The highest BCUT2D eigenvalue weighted by molar-refractivity contribution is 8.04. The van der Waals surface area contributed by atoms with E-state index in [-0.39, 0.29) is 0 Å². The number of rotatable bonds is 2. The summed E-state index contributed by atoms with van der Waals surface area (Å²) in [5.74, 6) is 0. The second-order valence-electron chi connectivity index (χ2n) is 2.02. The summed E-state index contributed by atoms with van der Waals surface area (Å²) in [7, 11) is -6.67. The van der Waals surface area contributed by atoms with Crippen LogP contribution in [0.1, 0.15) is 0 Å². The molecule has 0 radical (unpaired) electrons. The van der Waals surface area contributed by atoms with Gasteiger partial charge in [0.05, 0.1) is 0 Å². The summed E-state index contributed by atoms with van der Waals surface area (Å²) in [6.07, 6.45) is 1.85. The molecule has 0 aliphatic carbocycles. The van der Waals surface area contributed by atoms with Gasteiger partial charge in [-0.15, -0.1) is 0 Å². The van der Waals surface area contributed by atoms with Crippen molar-refractivity contribution in [3.63, 3.8) is 0 Å². The van der Waals surface area contributed by atoms with Crippen molar-refractivity contribution in [2.24, 2.45) is 0 Å². The molecule has 0 aromatic carbocycles. The molecule has 0 aromatic heterocycles. The van der Waals surface area contributed by atoms with Crippen molar-refractivity contribution in [3.05, 3.63) is 0 Å². The zero-order valence-electron chi connectivity index (χ0n) is 6.05. The van der Waals surface area contributed by atoms with E-state index < -0.39 is 19.7 Å². The molecule has 64 valence electrons. The smallest absolute Gasteiger partial charge is 0.217 e. The Bertz CT molecular complexity index is 346. The number of sulfone groups is 2. The summed E-state index contributed by atoms with van der Waals surface area (Å²) in [4.78, 5) is 0. The number of hydrogen-bond acceptors (Lipinski definition) is 4. The van der Waals surface area contributed by atoms with Gasteiger partial charge in [-0.25, -0.2) is 16.8 Å². The lowest BCUT2D eigenvalue weighted by Gasteiger charge is -1.69. The van der Waals surface area contributed by atoms with Crippen molar-refractivity contribution in [1.29, 1.82) is 0 Å². The topological polar surface area (TPSA) is 82.4 Å². The van der Waals surface area contributed by atoms with Crippen LogP contribution in [0.4, 0.5) is 0 Å². The van der Waals surface area contributed by atoms with Crippen molar-refractivity contribution in [1.82, 2.24) is 4.67 Å². The van der Waals surface area contributed by atoms with Crippen LogP contribution in [0, 0.1) is 0 Å². The molecule has 0 rings (SSSR count). The molecular weight excluding hydrogens is 190 g/mol. The van der Waals surface area contributed by atoms with Gasteiger partial charge < -0.3 is 0 Å². The predicted octanol–water partition coefficient (Wildman–Crippen LogP) is -1.80. The van der Waals surface area contributed by atoms with Crippen LogP contribution in [0.5, 0.6) is 0 Å². The Hall–Kier alpha value is -0.650. The van der Waals surface area contributed by atoms with E-state index >= 15 is 0 Å². The molecule has 0 amide bonds.